The van der Waals surface area contributed by atoms with Crippen LogP contribution in [0.3, 0.4) is 0 Å². The van der Waals surface area contributed by atoms with Crippen LogP contribution in [-0.4, -0.2) is 0 Å². The molecule has 0 aromatic heterocycles. The molecule has 0 amide bonds. The number of halogens is 2. The highest BCUT2D eigenvalue weighted by Crippen LogP contribution is 2.30. The predicted octanol–water partition coefficient (Wildman–Crippen LogP) is 4.66. The summed E-state index contributed by atoms with van der Waals surface area (Å²) >= 11 is 9.43. The van der Waals surface area contributed by atoms with Crippen molar-refractivity contribution >= 4 is 27.5 Å². The Bertz CT molecular complexity index is 572. The number of ether oxygens (including phenoxy) is 1. The van der Waals surface area contributed by atoms with Crippen molar-refractivity contribution in [2.24, 2.45) is 5.73 Å². The summed E-state index contributed by atoms with van der Waals surface area (Å²) in [5, 5.41) is 0.635. The molecule has 0 saturated carbocycles. The maximum Gasteiger partial charge on any atom is 0.133 e. The SMILES string of the molecule is Cc1cc(Oc2cc(Cl)ccc2CN)ccc1Br. The Morgan fingerprint density at radius 3 is 2.67 bits per heavy atom. The Hall–Kier alpha value is -1.03. The van der Waals surface area contributed by atoms with Crippen LogP contribution < -0.4 is 10.5 Å². The summed E-state index contributed by atoms with van der Waals surface area (Å²) < 4.78 is 6.89. The fourth-order valence-electron chi connectivity index (χ4n) is 1.60. The second-order valence-corrected chi connectivity index (χ2v) is 5.26. The second-order valence-electron chi connectivity index (χ2n) is 3.97. The fraction of sp³-hybridized carbons (Fsp3) is 0.143. The lowest BCUT2D eigenvalue weighted by Crippen LogP contribution is -1.99. The van der Waals surface area contributed by atoms with Crippen molar-refractivity contribution in [3.05, 3.63) is 57.0 Å². The van der Waals surface area contributed by atoms with Gasteiger partial charge in [0.1, 0.15) is 11.5 Å². The normalized spacial score (nSPS) is 10.4. The first-order chi connectivity index (χ1) is 8.60. The summed E-state index contributed by atoms with van der Waals surface area (Å²) in [6.07, 6.45) is 0. The molecule has 18 heavy (non-hydrogen) atoms. The Morgan fingerprint density at radius 1 is 1.22 bits per heavy atom. The zero-order chi connectivity index (χ0) is 13.1. The van der Waals surface area contributed by atoms with Crippen LogP contribution in [0.5, 0.6) is 11.5 Å². The van der Waals surface area contributed by atoms with E-state index in [1.165, 1.54) is 0 Å². The third-order valence-electron chi connectivity index (χ3n) is 2.61. The molecular formula is C14H13BrClNO. The highest BCUT2D eigenvalue weighted by molar-refractivity contribution is 9.10. The molecule has 2 aromatic carbocycles. The molecular weight excluding hydrogens is 314 g/mol. The highest BCUT2D eigenvalue weighted by Gasteiger charge is 2.06. The van der Waals surface area contributed by atoms with Crippen molar-refractivity contribution in [2.75, 3.05) is 0 Å². The summed E-state index contributed by atoms with van der Waals surface area (Å²) in [5.74, 6) is 1.47. The van der Waals surface area contributed by atoms with Gasteiger partial charge in [0.15, 0.2) is 0 Å². The van der Waals surface area contributed by atoms with Gasteiger partial charge in [-0.2, -0.15) is 0 Å². The van der Waals surface area contributed by atoms with Gasteiger partial charge < -0.3 is 10.5 Å². The lowest BCUT2D eigenvalue weighted by molar-refractivity contribution is 0.476. The van der Waals surface area contributed by atoms with Gasteiger partial charge in [0.2, 0.25) is 0 Å². The second kappa shape index (κ2) is 5.74. The number of nitrogens with two attached hydrogens (primary N) is 1. The van der Waals surface area contributed by atoms with Gasteiger partial charge in [0.25, 0.3) is 0 Å². The van der Waals surface area contributed by atoms with E-state index in [0.717, 1.165) is 21.3 Å². The number of rotatable bonds is 3. The highest BCUT2D eigenvalue weighted by atomic mass is 79.9. The van der Waals surface area contributed by atoms with Gasteiger partial charge >= 0.3 is 0 Å². The molecule has 0 aliphatic heterocycles. The van der Waals surface area contributed by atoms with Crippen molar-refractivity contribution in [2.45, 2.75) is 13.5 Å². The van der Waals surface area contributed by atoms with Crippen LogP contribution in [-0.2, 0) is 6.54 Å². The minimum Gasteiger partial charge on any atom is -0.457 e. The first-order valence-electron chi connectivity index (χ1n) is 5.52. The van der Waals surface area contributed by atoms with Gasteiger partial charge in [-0.25, -0.2) is 0 Å². The van der Waals surface area contributed by atoms with Crippen molar-refractivity contribution in [3.8, 4) is 11.5 Å². The van der Waals surface area contributed by atoms with Gasteiger partial charge in [-0.05, 0) is 42.8 Å². The van der Waals surface area contributed by atoms with E-state index in [2.05, 4.69) is 15.9 Å². The molecule has 2 aromatic rings. The molecule has 4 heteroatoms. The first-order valence-corrected chi connectivity index (χ1v) is 6.70. The molecule has 0 aliphatic carbocycles. The maximum atomic E-state index is 5.97. The quantitative estimate of drug-likeness (QED) is 0.890. The largest absolute Gasteiger partial charge is 0.457 e. The molecule has 0 unspecified atom stereocenters. The molecule has 0 heterocycles. The monoisotopic (exact) mass is 325 g/mol. The zero-order valence-electron chi connectivity index (χ0n) is 9.91. The van der Waals surface area contributed by atoms with E-state index in [0.29, 0.717) is 17.3 Å². The van der Waals surface area contributed by atoms with Crippen molar-refractivity contribution < 1.29 is 4.74 Å². The smallest absolute Gasteiger partial charge is 0.133 e. The number of aryl methyl sites for hydroxylation is 1. The van der Waals surface area contributed by atoms with E-state index in [1.54, 1.807) is 6.07 Å². The average Bonchev–Trinajstić information content (AvgIpc) is 2.34. The molecule has 2 N–H and O–H groups in total. The molecule has 0 bridgehead atoms. The molecule has 0 saturated heterocycles. The summed E-state index contributed by atoms with van der Waals surface area (Å²) in [6, 6.07) is 11.3. The van der Waals surface area contributed by atoms with Crippen molar-refractivity contribution in [1.82, 2.24) is 0 Å². The van der Waals surface area contributed by atoms with Crippen LogP contribution in [0.1, 0.15) is 11.1 Å². The standard InChI is InChI=1S/C14H13BrClNO/c1-9-6-12(4-5-13(9)15)18-14-7-11(16)3-2-10(14)8-17/h2-7H,8,17H2,1H3. The molecule has 94 valence electrons. The molecule has 2 rings (SSSR count). The van der Waals surface area contributed by atoms with Crippen LogP contribution in [0, 0.1) is 6.92 Å². The van der Waals surface area contributed by atoms with Gasteiger partial charge in [0, 0.05) is 21.6 Å². The van der Waals surface area contributed by atoms with E-state index in [1.807, 2.05) is 37.3 Å². The topological polar surface area (TPSA) is 35.2 Å². The Kier molecular flexibility index (Phi) is 4.27. The van der Waals surface area contributed by atoms with Crippen molar-refractivity contribution in [3.63, 3.8) is 0 Å². The molecule has 0 radical (unpaired) electrons. The van der Waals surface area contributed by atoms with Crippen LogP contribution in [0.2, 0.25) is 5.02 Å². The zero-order valence-corrected chi connectivity index (χ0v) is 12.3. The van der Waals surface area contributed by atoms with E-state index in [9.17, 15) is 0 Å². The summed E-state index contributed by atoms with van der Waals surface area (Å²) in [7, 11) is 0. The lowest BCUT2D eigenvalue weighted by Gasteiger charge is -2.11. The fourth-order valence-corrected chi connectivity index (χ4v) is 2.01. The summed E-state index contributed by atoms with van der Waals surface area (Å²) in [6.45, 7) is 2.43. The number of hydrogen-bond acceptors (Lipinski definition) is 2. The van der Waals surface area contributed by atoms with Gasteiger partial charge in [-0.15, -0.1) is 0 Å². The maximum absolute atomic E-state index is 5.97. The van der Waals surface area contributed by atoms with Gasteiger partial charge in [0.05, 0.1) is 0 Å². The Morgan fingerprint density at radius 2 is 2.00 bits per heavy atom. The van der Waals surface area contributed by atoms with Crippen LogP contribution in [0.4, 0.5) is 0 Å². The Labute approximate surface area is 120 Å². The van der Waals surface area contributed by atoms with E-state index in [-0.39, 0.29) is 0 Å². The average molecular weight is 327 g/mol. The Balaban J connectivity index is 2.33. The predicted molar refractivity (Wildman–Crippen MR) is 78.3 cm³/mol. The summed E-state index contributed by atoms with van der Waals surface area (Å²) in [5.41, 5.74) is 7.72. The van der Waals surface area contributed by atoms with Crippen LogP contribution >= 0.6 is 27.5 Å². The first kappa shape index (κ1) is 13.4. The van der Waals surface area contributed by atoms with Crippen LogP contribution in [0.25, 0.3) is 0 Å². The molecule has 0 fully saturated rings. The number of benzene rings is 2. The minimum atomic E-state index is 0.419. The van der Waals surface area contributed by atoms with Gasteiger partial charge in [-0.1, -0.05) is 33.6 Å². The third kappa shape index (κ3) is 3.05. The van der Waals surface area contributed by atoms with E-state index >= 15 is 0 Å². The molecule has 2 nitrogen and oxygen atoms in total. The third-order valence-corrected chi connectivity index (χ3v) is 3.73. The van der Waals surface area contributed by atoms with E-state index < -0.39 is 0 Å². The van der Waals surface area contributed by atoms with Crippen LogP contribution in [0.15, 0.2) is 40.9 Å². The van der Waals surface area contributed by atoms with Gasteiger partial charge in [-0.3, -0.25) is 0 Å². The van der Waals surface area contributed by atoms with Crippen molar-refractivity contribution in [1.29, 1.82) is 0 Å². The minimum absolute atomic E-state index is 0.419. The molecule has 0 spiro atoms. The molecule has 0 atom stereocenters. The summed E-state index contributed by atoms with van der Waals surface area (Å²) in [4.78, 5) is 0. The van der Waals surface area contributed by atoms with E-state index in [4.69, 9.17) is 22.1 Å². The lowest BCUT2D eigenvalue weighted by atomic mass is 10.2. The molecule has 0 aliphatic rings. The number of hydrogen-bond donors (Lipinski definition) is 1.